The van der Waals surface area contributed by atoms with Crippen molar-refractivity contribution in [3.05, 3.63) is 28.8 Å². The first-order chi connectivity index (χ1) is 12.0. The number of hydrogen-bond acceptors (Lipinski definition) is 4. The predicted molar refractivity (Wildman–Crippen MR) is 96.4 cm³/mol. The van der Waals surface area contributed by atoms with Gasteiger partial charge in [0.1, 0.15) is 11.0 Å². The van der Waals surface area contributed by atoms with E-state index in [2.05, 4.69) is 0 Å². The van der Waals surface area contributed by atoms with E-state index in [1.165, 1.54) is 28.9 Å². The zero-order chi connectivity index (χ0) is 17.9. The van der Waals surface area contributed by atoms with E-state index in [0.717, 1.165) is 44.9 Å². The Kier molecular flexibility index (Phi) is 6.02. The van der Waals surface area contributed by atoms with Crippen LogP contribution in [0.5, 0.6) is 0 Å². The van der Waals surface area contributed by atoms with Gasteiger partial charge in [-0.15, -0.1) is 0 Å². The summed E-state index contributed by atoms with van der Waals surface area (Å²) in [6, 6.07) is 4.36. The molecule has 0 radical (unpaired) electrons. The van der Waals surface area contributed by atoms with Crippen LogP contribution in [0, 0.1) is 0 Å². The quantitative estimate of drug-likeness (QED) is 0.735. The van der Waals surface area contributed by atoms with Crippen molar-refractivity contribution in [2.45, 2.75) is 62.4 Å². The molecule has 1 saturated heterocycles. The summed E-state index contributed by atoms with van der Waals surface area (Å²) < 4.78 is 32.7. The number of sulfonamides is 1. The van der Waals surface area contributed by atoms with Gasteiger partial charge in [0.25, 0.3) is 0 Å². The Morgan fingerprint density at radius 2 is 1.68 bits per heavy atom. The van der Waals surface area contributed by atoms with Crippen molar-refractivity contribution in [2.75, 3.05) is 13.1 Å². The van der Waals surface area contributed by atoms with E-state index >= 15 is 0 Å². The highest BCUT2D eigenvalue weighted by molar-refractivity contribution is 7.89. The molecule has 1 aliphatic carbocycles. The zero-order valence-electron chi connectivity index (χ0n) is 14.2. The molecule has 3 rings (SSSR count). The van der Waals surface area contributed by atoms with E-state index in [1.54, 1.807) is 0 Å². The number of rotatable bonds is 4. The highest BCUT2D eigenvalue weighted by atomic mass is 35.5. The number of piperidine rings is 1. The molecule has 2 fully saturated rings. The molecule has 0 amide bonds. The van der Waals surface area contributed by atoms with Gasteiger partial charge in [-0.2, -0.15) is 4.31 Å². The lowest BCUT2D eigenvalue weighted by atomic mass is 9.98. The summed E-state index contributed by atoms with van der Waals surface area (Å²) in [5, 5.41) is 0.139. The van der Waals surface area contributed by atoms with E-state index in [4.69, 9.17) is 16.3 Å². The highest BCUT2D eigenvalue weighted by Crippen LogP contribution is 2.29. The molecule has 138 valence electrons. The van der Waals surface area contributed by atoms with Crippen molar-refractivity contribution in [3.8, 4) is 0 Å². The van der Waals surface area contributed by atoms with Crippen LogP contribution in [0.15, 0.2) is 23.1 Å². The van der Waals surface area contributed by atoms with Crippen LogP contribution in [-0.4, -0.2) is 37.9 Å². The third kappa shape index (κ3) is 4.36. The second-order valence-electron chi connectivity index (χ2n) is 6.78. The lowest BCUT2D eigenvalue weighted by molar-refractivity contribution is 0.0211. The van der Waals surface area contributed by atoms with E-state index in [1.807, 2.05) is 0 Å². The molecule has 5 nitrogen and oxygen atoms in total. The van der Waals surface area contributed by atoms with Crippen molar-refractivity contribution in [1.29, 1.82) is 0 Å². The maximum Gasteiger partial charge on any atom is 0.338 e. The van der Waals surface area contributed by atoms with Gasteiger partial charge in [-0.05, 0) is 56.7 Å². The molecule has 1 aromatic carbocycles. The molecule has 0 aromatic heterocycles. The summed E-state index contributed by atoms with van der Waals surface area (Å²) in [6.45, 7) is 0.991. The fourth-order valence-corrected chi connectivity index (χ4v) is 5.49. The monoisotopic (exact) mass is 385 g/mol. The van der Waals surface area contributed by atoms with E-state index in [9.17, 15) is 13.2 Å². The Hall–Kier alpha value is -1.11. The van der Waals surface area contributed by atoms with Crippen LogP contribution in [0.25, 0.3) is 0 Å². The maximum atomic E-state index is 12.9. The Balaban J connectivity index is 1.81. The van der Waals surface area contributed by atoms with Gasteiger partial charge in [0.15, 0.2) is 0 Å². The SMILES string of the molecule is O=C(OC1CCCCC1)c1ccc(Cl)c(S(=O)(=O)N2CCCCC2)c1. The lowest BCUT2D eigenvalue weighted by Crippen LogP contribution is -2.35. The van der Waals surface area contributed by atoms with Gasteiger partial charge in [0.05, 0.1) is 10.6 Å². The average Bonchev–Trinajstić information content (AvgIpc) is 2.63. The Labute approximate surface area is 154 Å². The van der Waals surface area contributed by atoms with Crippen molar-refractivity contribution >= 4 is 27.6 Å². The maximum absolute atomic E-state index is 12.9. The molecule has 1 heterocycles. The number of carbonyl (C=O) groups is 1. The Morgan fingerprint density at radius 1 is 1.04 bits per heavy atom. The van der Waals surface area contributed by atoms with Crippen molar-refractivity contribution in [1.82, 2.24) is 4.31 Å². The molecule has 0 bridgehead atoms. The van der Waals surface area contributed by atoms with Crippen LogP contribution in [-0.2, 0) is 14.8 Å². The molecule has 1 aliphatic heterocycles. The summed E-state index contributed by atoms with van der Waals surface area (Å²) in [5.74, 6) is -0.473. The highest BCUT2D eigenvalue weighted by Gasteiger charge is 2.29. The predicted octanol–water partition coefficient (Wildman–Crippen LogP) is 4.00. The summed E-state index contributed by atoms with van der Waals surface area (Å²) in [5.41, 5.74) is 0.241. The molecule has 1 aromatic rings. The van der Waals surface area contributed by atoms with E-state index in [0.29, 0.717) is 13.1 Å². The average molecular weight is 386 g/mol. The largest absolute Gasteiger partial charge is 0.459 e. The van der Waals surface area contributed by atoms with Crippen LogP contribution in [0.4, 0.5) is 0 Å². The summed E-state index contributed by atoms with van der Waals surface area (Å²) in [4.78, 5) is 12.4. The minimum absolute atomic E-state index is 0.00541. The van der Waals surface area contributed by atoms with E-state index < -0.39 is 16.0 Å². The lowest BCUT2D eigenvalue weighted by Gasteiger charge is -2.26. The van der Waals surface area contributed by atoms with Gasteiger partial charge < -0.3 is 4.74 Å². The Bertz CT molecular complexity index is 723. The molecule has 25 heavy (non-hydrogen) atoms. The van der Waals surface area contributed by atoms with Crippen LogP contribution in [0.2, 0.25) is 5.02 Å². The van der Waals surface area contributed by atoms with Gasteiger partial charge in [-0.25, -0.2) is 13.2 Å². The molecular weight excluding hydrogens is 362 g/mol. The van der Waals surface area contributed by atoms with Crippen LogP contribution in [0.3, 0.4) is 0 Å². The fourth-order valence-electron chi connectivity index (χ4n) is 3.47. The summed E-state index contributed by atoms with van der Waals surface area (Å²) >= 11 is 6.14. The fraction of sp³-hybridized carbons (Fsp3) is 0.611. The number of carbonyl (C=O) groups excluding carboxylic acids is 1. The van der Waals surface area contributed by atoms with E-state index in [-0.39, 0.29) is 21.6 Å². The zero-order valence-corrected chi connectivity index (χ0v) is 15.8. The molecule has 2 aliphatic rings. The topological polar surface area (TPSA) is 63.7 Å². The summed E-state index contributed by atoms with van der Waals surface area (Å²) in [6.07, 6.45) is 7.71. The Morgan fingerprint density at radius 3 is 2.36 bits per heavy atom. The molecule has 0 unspecified atom stereocenters. The third-order valence-corrected chi connectivity index (χ3v) is 7.31. The van der Waals surface area contributed by atoms with Crippen LogP contribution >= 0.6 is 11.6 Å². The number of esters is 1. The normalized spacial score (nSPS) is 20.4. The molecule has 0 atom stereocenters. The van der Waals surface area contributed by atoms with Crippen molar-refractivity contribution < 1.29 is 17.9 Å². The second-order valence-corrected chi connectivity index (χ2v) is 9.09. The number of benzene rings is 1. The number of halogens is 1. The van der Waals surface area contributed by atoms with Gasteiger partial charge in [0.2, 0.25) is 10.0 Å². The van der Waals surface area contributed by atoms with Gasteiger partial charge in [0, 0.05) is 13.1 Å². The minimum atomic E-state index is -3.69. The third-order valence-electron chi connectivity index (χ3n) is 4.93. The van der Waals surface area contributed by atoms with Crippen molar-refractivity contribution in [3.63, 3.8) is 0 Å². The van der Waals surface area contributed by atoms with Crippen LogP contribution in [0.1, 0.15) is 61.7 Å². The van der Waals surface area contributed by atoms with Crippen molar-refractivity contribution in [2.24, 2.45) is 0 Å². The second kappa shape index (κ2) is 8.06. The molecular formula is C18H24ClNO4S. The molecule has 1 saturated carbocycles. The van der Waals surface area contributed by atoms with Gasteiger partial charge >= 0.3 is 5.97 Å². The number of nitrogens with zero attached hydrogens (tertiary/aromatic N) is 1. The smallest absolute Gasteiger partial charge is 0.338 e. The standard InChI is InChI=1S/C18H24ClNO4S/c19-16-10-9-14(18(21)24-15-7-3-1-4-8-15)13-17(16)25(22,23)20-11-5-2-6-12-20/h9-10,13,15H,1-8,11-12H2. The number of hydrogen-bond donors (Lipinski definition) is 0. The first-order valence-electron chi connectivity index (χ1n) is 8.99. The van der Waals surface area contributed by atoms with Gasteiger partial charge in [-0.1, -0.05) is 24.4 Å². The van der Waals surface area contributed by atoms with Gasteiger partial charge in [-0.3, -0.25) is 0 Å². The summed E-state index contributed by atoms with van der Waals surface area (Å²) in [7, 11) is -3.69. The molecule has 0 spiro atoms. The number of ether oxygens (including phenoxy) is 1. The van der Waals surface area contributed by atoms with Crippen LogP contribution < -0.4 is 0 Å². The first-order valence-corrected chi connectivity index (χ1v) is 10.8. The molecule has 7 heteroatoms. The first kappa shape index (κ1) is 18.7. The minimum Gasteiger partial charge on any atom is -0.459 e. The molecule has 0 N–H and O–H groups in total.